The van der Waals surface area contributed by atoms with Crippen LogP contribution in [0.2, 0.25) is 0 Å². The highest BCUT2D eigenvalue weighted by molar-refractivity contribution is 9.10. The first kappa shape index (κ1) is 15.8. The smallest absolute Gasteiger partial charge is 0.133 e. The molecule has 1 aliphatic carbocycles. The molecule has 0 unspecified atom stereocenters. The third kappa shape index (κ3) is 3.02. The fraction of sp³-hybridized carbons (Fsp3) is 0.625. The van der Waals surface area contributed by atoms with Gasteiger partial charge in [0.2, 0.25) is 0 Å². The van der Waals surface area contributed by atoms with Gasteiger partial charge in [0.1, 0.15) is 5.75 Å². The van der Waals surface area contributed by atoms with E-state index in [0.717, 1.165) is 10.2 Å². The van der Waals surface area contributed by atoms with E-state index in [2.05, 4.69) is 28.1 Å². The Hall–Kier alpha value is -0.580. The number of hydrogen-bond donors (Lipinski definition) is 1. The summed E-state index contributed by atoms with van der Waals surface area (Å²) in [7, 11) is 3.42. The van der Waals surface area contributed by atoms with Crippen LogP contribution in [0.5, 0.6) is 5.75 Å². The van der Waals surface area contributed by atoms with Crippen molar-refractivity contribution in [3.8, 4) is 5.75 Å². The van der Waals surface area contributed by atoms with Gasteiger partial charge in [-0.15, -0.1) is 0 Å². The lowest BCUT2D eigenvalue weighted by Gasteiger charge is -2.38. The quantitative estimate of drug-likeness (QED) is 0.886. The molecule has 0 aliphatic heterocycles. The van der Waals surface area contributed by atoms with Crippen molar-refractivity contribution in [3.05, 3.63) is 27.7 Å². The minimum Gasteiger partial charge on any atom is -0.496 e. The molecule has 0 amide bonds. The molecule has 0 bridgehead atoms. The number of rotatable bonds is 5. The number of benzene rings is 1. The second-order valence-corrected chi connectivity index (χ2v) is 6.48. The molecule has 1 saturated carbocycles. The number of ether oxygens (including phenoxy) is 2. The van der Waals surface area contributed by atoms with Gasteiger partial charge in [-0.05, 0) is 52.0 Å². The van der Waals surface area contributed by atoms with Crippen molar-refractivity contribution in [2.24, 2.45) is 5.73 Å². The fourth-order valence-electron chi connectivity index (χ4n) is 3.33. The number of methoxy groups -OCH3 is 2. The Balaban J connectivity index is 2.49. The number of halogens is 1. The molecule has 0 aromatic heterocycles. The molecule has 4 heteroatoms. The van der Waals surface area contributed by atoms with E-state index in [-0.39, 0.29) is 5.41 Å². The van der Waals surface area contributed by atoms with Crippen molar-refractivity contribution in [1.29, 1.82) is 0 Å². The van der Waals surface area contributed by atoms with Crippen molar-refractivity contribution in [2.45, 2.75) is 44.1 Å². The van der Waals surface area contributed by atoms with E-state index >= 15 is 0 Å². The molecule has 2 N–H and O–H groups in total. The van der Waals surface area contributed by atoms with Crippen LogP contribution in [0.15, 0.2) is 16.6 Å². The van der Waals surface area contributed by atoms with Gasteiger partial charge in [0.25, 0.3) is 0 Å². The molecule has 1 aromatic rings. The summed E-state index contributed by atoms with van der Waals surface area (Å²) in [5, 5.41) is 0. The van der Waals surface area contributed by atoms with E-state index in [9.17, 15) is 0 Å². The van der Waals surface area contributed by atoms with Gasteiger partial charge < -0.3 is 15.2 Å². The SMILES string of the molecule is COCc1cc(OC)c(Br)cc1C1(CN)CCCCC1. The van der Waals surface area contributed by atoms with Crippen molar-refractivity contribution in [3.63, 3.8) is 0 Å². The van der Waals surface area contributed by atoms with Crippen LogP contribution in [0.25, 0.3) is 0 Å². The molecule has 0 spiro atoms. The molecular weight excluding hydrogens is 318 g/mol. The summed E-state index contributed by atoms with van der Waals surface area (Å²) in [4.78, 5) is 0. The van der Waals surface area contributed by atoms with E-state index in [0.29, 0.717) is 13.2 Å². The van der Waals surface area contributed by atoms with E-state index in [1.807, 2.05) is 0 Å². The first-order valence-corrected chi connectivity index (χ1v) is 8.02. The summed E-state index contributed by atoms with van der Waals surface area (Å²) in [6.45, 7) is 1.29. The van der Waals surface area contributed by atoms with Crippen LogP contribution in [-0.4, -0.2) is 20.8 Å². The summed E-state index contributed by atoms with van der Waals surface area (Å²) in [5.74, 6) is 0.851. The molecule has 20 heavy (non-hydrogen) atoms. The van der Waals surface area contributed by atoms with Crippen LogP contribution >= 0.6 is 15.9 Å². The van der Waals surface area contributed by atoms with E-state index < -0.39 is 0 Å². The van der Waals surface area contributed by atoms with Crippen LogP contribution in [0, 0.1) is 0 Å². The molecule has 0 atom stereocenters. The Morgan fingerprint density at radius 3 is 2.45 bits per heavy atom. The highest BCUT2D eigenvalue weighted by atomic mass is 79.9. The highest BCUT2D eigenvalue weighted by Crippen LogP contribution is 2.43. The van der Waals surface area contributed by atoms with Crippen molar-refractivity contribution in [1.82, 2.24) is 0 Å². The van der Waals surface area contributed by atoms with Gasteiger partial charge in [-0.25, -0.2) is 0 Å². The average Bonchev–Trinajstić information content (AvgIpc) is 2.49. The van der Waals surface area contributed by atoms with E-state index in [1.54, 1.807) is 14.2 Å². The first-order chi connectivity index (χ1) is 9.66. The molecule has 1 aliphatic rings. The van der Waals surface area contributed by atoms with Crippen LogP contribution < -0.4 is 10.5 Å². The first-order valence-electron chi connectivity index (χ1n) is 7.23. The standard InChI is InChI=1S/C16H24BrNO2/c1-19-10-12-8-15(20-2)14(17)9-13(12)16(11-18)6-4-3-5-7-16/h8-9H,3-7,10-11,18H2,1-2H3. The maximum absolute atomic E-state index is 6.17. The number of hydrogen-bond acceptors (Lipinski definition) is 3. The molecule has 0 radical (unpaired) electrons. The largest absolute Gasteiger partial charge is 0.496 e. The van der Waals surface area contributed by atoms with Gasteiger partial charge in [0, 0.05) is 19.1 Å². The highest BCUT2D eigenvalue weighted by Gasteiger charge is 2.34. The minimum atomic E-state index is 0.0981. The third-order valence-corrected chi connectivity index (χ3v) is 5.07. The second kappa shape index (κ2) is 6.92. The topological polar surface area (TPSA) is 44.5 Å². The van der Waals surface area contributed by atoms with E-state index in [4.69, 9.17) is 15.2 Å². The molecular formula is C16H24BrNO2. The summed E-state index contributed by atoms with van der Waals surface area (Å²) in [6.07, 6.45) is 6.16. The molecule has 1 aromatic carbocycles. The Morgan fingerprint density at radius 1 is 1.20 bits per heavy atom. The maximum Gasteiger partial charge on any atom is 0.133 e. The lowest BCUT2D eigenvalue weighted by atomic mass is 9.68. The molecule has 0 heterocycles. The van der Waals surface area contributed by atoms with Gasteiger partial charge in [0.05, 0.1) is 18.2 Å². The van der Waals surface area contributed by atoms with Gasteiger partial charge >= 0.3 is 0 Å². The Kier molecular flexibility index (Phi) is 5.47. The van der Waals surface area contributed by atoms with Gasteiger partial charge in [-0.2, -0.15) is 0 Å². The maximum atomic E-state index is 6.17. The second-order valence-electron chi connectivity index (χ2n) is 5.62. The zero-order valence-corrected chi connectivity index (χ0v) is 14.0. The zero-order valence-electron chi connectivity index (χ0n) is 12.4. The molecule has 1 fully saturated rings. The molecule has 2 rings (SSSR count). The Bertz CT molecular complexity index is 456. The lowest BCUT2D eigenvalue weighted by molar-refractivity contribution is 0.180. The van der Waals surface area contributed by atoms with Crippen LogP contribution in [0.1, 0.15) is 43.2 Å². The predicted molar refractivity (Wildman–Crippen MR) is 85.2 cm³/mol. The Morgan fingerprint density at radius 2 is 1.90 bits per heavy atom. The van der Waals surface area contributed by atoms with Gasteiger partial charge in [-0.3, -0.25) is 0 Å². The van der Waals surface area contributed by atoms with Crippen LogP contribution in [-0.2, 0) is 16.8 Å². The molecule has 0 saturated heterocycles. The monoisotopic (exact) mass is 341 g/mol. The van der Waals surface area contributed by atoms with Gasteiger partial charge in [-0.1, -0.05) is 19.3 Å². The predicted octanol–water partition coefficient (Wildman–Crippen LogP) is 3.76. The summed E-state index contributed by atoms with van der Waals surface area (Å²) < 4.78 is 11.8. The summed E-state index contributed by atoms with van der Waals surface area (Å²) in [5.41, 5.74) is 8.79. The zero-order chi connectivity index (χ0) is 14.6. The third-order valence-electron chi connectivity index (χ3n) is 4.45. The van der Waals surface area contributed by atoms with E-state index in [1.165, 1.54) is 43.2 Å². The van der Waals surface area contributed by atoms with Crippen LogP contribution in [0.3, 0.4) is 0 Å². The van der Waals surface area contributed by atoms with Crippen molar-refractivity contribution >= 4 is 15.9 Å². The lowest BCUT2D eigenvalue weighted by Crippen LogP contribution is -2.38. The van der Waals surface area contributed by atoms with Gasteiger partial charge in [0.15, 0.2) is 0 Å². The van der Waals surface area contributed by atoms with Crippen molar-refractivity contribution in [2.75, 3.05) is 20.8 Å². The fourth-order valence-corrected chi connectivity index (χ4v) is 3.84. The Labute approximate surface area is 130 Å². The normalized spacial score (nSPS) is 18.0. The summed E-state index contributed by atoms with van der Waals surface area (Å²) in [6, 6.07) is 4.26. The van der Waals surface area contributed by atoms with Crippen LogP contribution in [0.4, 0.5) is 0 Å². The molecule has 112 valence electrons. The summed E-state index contributed by atoms with van der Waals surface area (Å²) >= 11 is 3.61. The molecule has 3 nitrogen and oxygen atoms in total. The average molecular weight is 342 g/mol. The minimum absolute atomic E-state index is 0.0981. The number of nitrogens with two attached hydrogens (primary N) is 1. The van der Waals surface area contributed by atoms with Crippen molar-refractivity contribution < 1.29 is 9.47 Å².